The zero-order valence-electron chi connectivity index (χ0n) is 14.4. The van der Waals surface area contributed by atoms with Gasteiger partial charge in [-0.15, -0.1) is 12.4 Å². The van der Waals surface area contributed by atoms with Crippen molar-refractivity contribution in [2.75, 3.05) is 44.8 Å². The highest BCUT2D eigenvalue weighted by Crippen LogP contribution is 2.12. The fraction of sp³-hybridized carbons (Fsp3) is 0.529. The molecule has 2 rings (SSSR count). The number of amides is 2. The van der Waals surface area contributed by atoms with Gasteiger partial charge in [-0.2, -0.15) is 0 Å². The summed E-state index contributed by atoms with van der Waals surface area (Å²) >= 11 is 0. The lowest BCUT2D eigenvalue weighted by Gasteiger charge is -2.22. The minimum atomic E-state index is -0.505. The molecule has 1 aliphatic heterocycles. The van der Waals surface area contributed by atoms with Crippen molar-refractivity contribution in [2.24, 2.45) is 0 Å². The van der Waals surface area contributed by atoms with Crippen LogP contribution in [-0.2, 0) is 14.3 Å². The minimum absolute atomic E-state index is 0. The lowest BCUT2D eigenvalue weighted by molar-refractivity contribution is -0.128. The zero-order valence-corrected chi connectivity index (χ0v) is 15.2. The monoisotopic (exact) mass is 371 g/mol. The van der Waals surface area contributed by atoms with E-state index in [0.29, 0.717) is 44.2 Å². The molecule has 3 N–H and O–H groups in total. The summed E-state index contributed by atoms with van der Waals surface area (Å²) in [6.45, 7) is 5.55. The fourth-order valence-electron chi connectivity index (χ4n) is 2.32. The van der Waals surface area contributed by atoms with Gasteiger partial charge in [0.2, 0.25) is 0 Å². The van der Waals surface area contributed by atoms with E-state index in [1.807, 2.05) is 6.92 Å². The third-order valence-corrected chi connectivity index (χ3v) is 3.57. The second kappa shape index (κ2) is 11.8. The highest BCUT2D eigenvalue weighted by Gasteiger charge is 2.21. The summed E-state index contributed by atoms with van der Waals surface area (Å²) in [7, 11) is 0. The average molecular weight is 372 g/mol. The van der Waals surface area contributed by atoms with Crippen molar-refractivity contribution in [3.8, 4) is 0 Å². The maximum atomic E-state index is 12.1. The van der Waals surface area contributed by atoms with Gasteiger partial charge >= 0.3 is 0 Å². The molecular weight excluding hydrogens is 346 g/mol. The molecule has 140 valence electrons. The van der Waals surface area contributed by atoms with Gasteiger partial charge in [-0.05, 0) is 31.5 Å². The molecule has 0 bridgehead atoms. The number of ether oxygens (including phenoxy) is 2. The molecule has 0 aliphatic carbocycles. The Bertz CT molecular complexity index is 550. The number of anilines is 1. The first-order chi connectivity index (χ1) is 11.7. The van der Waals surface area contributed by atoms with Gasteiger partial charge in [0.25, 0.3) is 11.8 Å². The van der Waals surface area contributed by atoms with Crippen molar-refractivity contribution in [2.45, 2.75) is 19.4 Å². The molecule has 1 aromatic carbocycles. The van der Waals surface area contributed by atoms with E-state index in [1.165, 1.54) is 0 Å². The molecule has 1 saturated heterocycles. The van der Waals surface area contributed by atoms with Crippen LogP contribution >= 0.6 is 12.4 Å². The maximum Gasteiger partial charge on any atom is 0.254 e. The van der Waals surface area contributed by atoms with Gasteiger partial charge in [-0.25, -0.2) is 0 Å². The Balaban J connectivity index is 0.00000312. The molecule has 0 aromatic heterocycles. The fourth-order valence-corrected chi connectivity index (χ4v) is 2.32. The summed E-state index contributed by atoms with van der Waals surface area (Å²) in [6, 6.07) is 6.86. The van der Waals surface area contributed by atoms with E-state index in [9.17, 15) is 9.59 Å². The molecule has 1 heterocycles. The highest BCUT2D eigenvalue weighted by molar-refractivity contribution is 5.98. The number of nitrogens with one attached hydrogen (secondary N) is 3. The molecule has 8 heteroatoms. The Hall–Kier alpha value is -1.67. The third kappa shape index (κ3) is 7.39. The molecular formula is C17H26ClN3O4. The molecule has 1 fully saturated rings. The van der Waals surface area contributed by atoms with Gasteiger partial charge in [-0.1, -0.05) is 6.07 Å². The predicted molar refractivity (Wildman–Crippen MR) is 98.4 cm³/mol. The van der Waals surface area contributed by atoms with Crippen LogP contribution in [0.3, 0.4) is 0 Å². The zero-order chi connectivity index (χ0) is 17.2. The standard InChI is InChI=1S/C17H25N3O4.ClH/c1-2-23-9-4-7-19-16(21)13-5-3-6-14(11-13)20-17(22)15-12-18-8-10-24-15;/h3,5-6,11,15,18H,2,4,7-10,12H2,1H3,(H,19,21)(H,20,22);1H. The molecule has 1 unspecified atom stereocenters. The first-order valence-electron chi connectivity index (χ1n) is 8.30. The van der Waals surface area contributed by atoms with E-state index >= 15 is 0 Å². The van der Waals surface area contributed by atoms with Gasteiger partial charge in [0.15, 0.2) is 0 Å². The van der Waals surface area contributed by atoms with Crippen LogP contribution in [0.1, 0.15) is 23.7 Å². The first kappa shape index (κ1) is 21.4. The van der Waals surface area contributed by atoms with Gasteiger partial charge in [-0.3, -0.25) is 9.59 Å². The van der Waals surface area contributed by atoms with Gasteiger partial charge in [0, 0.05) is 44.1 Å². The van der Waals surface area contributed by atoms with E-state index in [0.717, 1.165) is 13.0 Å². The van der Waals surface area contributed by atoms with Crippen LogP contribution in [0.2, 0.25) is 0 Å². The lowest BCUT2D eigenvalue weighted by Crippen LogP contribution is -2.45. The molecule has 0 radical (unpaired) electrons. The van der Waals surface area contributed by atoms with Crippen LogP contribution < -0.4 is 16.0 Å². The number of rotatable bonds is 8. The van der Waals surface area contributed by atoms with E-state index in [1.54, 1.807) is 24.3 Å². The first-order valence-corrected chi connectivity index (χ1v) is 8.30. The number of hydrogen-bond donors (Lipinski definition) is 3. The highest BCUT2D eigenvalue weighted by atomic mass is 35.5. The van der Waals surface area contributed by atoms with Crippen LogP contribution in [0.4, 0.5) is 5.69 Å². The van der Waals surface area contributed by atoms with Crippen molar-refractivity contribution in [1.82, 2.24) is 10.6 Å². The topological polar surface area (TPSA) is 88.7 Å². The molecule has 1 aliphatic rings. The summed E-state index contributed by atoms with van der Waals surface area (Å²) in [5.41, 5.74) is 1.09. The quantitative estimate of drug-likeness (QED) is 0.597. The SMILES string of the molecule is CCOCCCNC(=O)c1cccc(NC(=O)C2CNCCO2)c1.Cl. The summed E-state index contributed by atoms with van der Waals surface area (Å²) < 4.78 is 10.6. The molecule has 1 aromatic rings. The second-order valence-electron chi connectivity index (χ2n) is 5.44. The van der Waals surface area contributed by atoms with Crippen molar-refractivity contribution in [3.05, 3.63) is 29.8 Å². The Morgan fingerprint density at radius 3 is 2.96 bits per heavy atom. The van der Waals surface area contributed by atoms with Gasteiger partial charge < -0.3 is 25.4 Å². The van der Waals surface area contributed by atoms with Crippen LogP contribution in [0.25, 0.3) is 0 Å². The number of morpholine rings is 1. The summed E-state index contributed by atoms with van der Waals surface area (Å²) in [6.07, 6.45) is 0.261. The van der Waals surface area contributed by atoms with Gasteiger partial charge in [0.1, 0.15) is 6.10 Å². The second-order valence-corrected chi connectivity index (χ2v) is 5.44. The smallest absolute Gasteiger partial charge is 0.254 e. The molecule has 1 atom stereocenters. The number of carbonyl (C=O) groups is 2. The Kier molecular flexibility index (Phi) is 10.1. The van der Waals surface area contributed by atoms with Crippen LogP contribution in [0, 0.1) is 0 Å². The summed E-state index contributed by atoms with van der Waals surface area (Å²) in [4.78, 5) is 24.2. The van der Waals surface area contributed by atoms with Crippen molar-refractivity contribution in [3.63, 3.8) is 0 Å². The summed E-state index contributed by atoms with van der Waals surface area (Å²) in [5.74, 6) is -0.380. The normalized spacial score (nSPS) is 16.6. The lowest BCUT2D eigenvalue weighted by atomic mass is 10.1. The predicted octanol–water partition coefficient (Wildman–Crippen LogP) is 1.19. The Morgan fingerprint density at radius 2 is 2.24 bits per heavy atom. The van der Waals surface area contributed by atoms with Crippen molar-refractivity contribution < 1.29 is 19.1 Å². The average Bonchev–Trinajstić information content (AvgIpc) is 2.62. The van der Waals surface area contributed by atoms with E-state index < -0.39 is 6.10 Å². The van der Waals surface area contributed by atoms with Crippen LogP contribution in [0.15, 0.2) is 24.3 Å². The van der Waals surface area contributed by atoms with Crippen molar-refractivity contribution >= 4 is 29.9 Å². The number of benzene rings is 1. The number of hydrogen-bond acceptors (Lipinski definition) is 5. The van der Waals surface area contributed by atoms with E-state index in [2.05, 4.69) is 16.0 Å². The molecule has 25 heavy (non-hydrogen) atoms. The Morgan fingerprint density at radius 1 is 1.40 bits per heavy atom. The number of halogens is 1. The van der Waals surface area contributed by atoms with Crippen LogP contribution in [0.5, 0.6) is 0 Å². The maximum absolute atomic E-state index is 12.1. The van der Waals surface area contributed by atoms with E-state index in [4.69, 9.17) is 9.47 Å². The molecule has 0 saturated carbocycles. The molecule has 0 spiro atoms. The molecule has 2 amide bonds. The van der Waals surface area contributed by atoms with Crippen LogP contribution in [-0.4, -0.2) is 57.4 Å². The summed E-state index contributed by atoms with van der Waals surface area (Å²) in [5, 5.41) is 8.73. The largest absolute Gasteiger partial charge is 0.382 e. The Labute approximate surface area is 154 Å². The third-order valence-electron chi connectivity index (χ3n) is 3.57. The minimum Gasteiger partial charge on any atom is -0.382 e. The number of carbonyl (C=O) groups excluding carboxylic acids is 2. The van der Waals surface area contributed by atoms with E-state index in [-0.39, 0.29) is 24.2 Å². The van der Waals surface area contributed by atoms with Gasteiger partial charge in [0.05, 0.1) is 6.61 Å². The van der Waals surface area contributed by atoms with Crippen molar-refractivity contribution in [1.29, 1.82) is 0 Å². The molecule has 7 nitrogen and oxygen atoms in total.